The average molecular weight is 407 g/mol. The molecule has 0 bridgehead atoms. The maximum atomic E-state index is 14.0. The van der Waals surface area contributed by atoms with E-state index in [0.29, 0.717) is 26.6 Å². The lowest BCUT2D eigenvalue weighted by Gasteiger charge is -2.13. The van der Waals surface area contributed by atoms with Crippen molar-refractivity contribution in [3.63, 3.8) is 0 Å². The van der Waals surface area contributed by atoms with Gasteiger partial charge in [-0.2, -0.15) is 0 Å². The van der Waals surface area contributed by atoms with Gasteiger partial charge in [-0.1, -0.05) is 41.6 Å². The van der Waals surface area contributed by atoms with Crippen molar-refractivity contribution in [1.82, 2.24) is 9.55 Å². The Balaban J connectivity index is 1.99. The average Bonchev–Trinajstić information content (AvgIpc) is 2.67. The van der Waals surface area contributed by atoms with E-state index >= 15 is 0 Å². The van der Waals surface area contributed by atoms with E-state index in [0.717, 1.165) is 0 Å². The van der Waals surface area contributed by atoms with Gasteiger partial charge in [0.1, 0.15) is 5.82 Å². The molecular weight excluding hydrogens is 391 g/mol. The number of methoxy groups -OCH3 is 1. The molecule has 27 heavy (non-hydrogen) atoms. The van der Waals surface area contributed by atoms with Crippen molar-refractivity contribution in [2.75, 3.05) is 7.11 Å². The van der Waals surface area contributed by atoms with Gasteiger partial charge in [-0.25, -0.2) is 9.37 Å². The van der Waals surface area contributed by atoms with Crippen molar-refractivity contribution in [3.8, 4) is 0 Å². The van der Waals surface area contributed by atoms with Gasteiger partial charge in [0.05, 0.1) is 24.4 Å². The summed E-state index contributed by atoms with van der Waals surface area (Å²) >= 11 is 7.27. The van der Waals surface area contributed by atoms with Crippen LogP contribution in [-0.4, -0.2) is 22.6 Å². The lowest BCUT2D eigenvalue weighted by molar-refractivity contribution is -0.140. The summed E-state index contributed by atoms with van der Waals surface area (Å²) in [5.41, 5.74) is 0.622. The first-order valence-corrected chi connectivity index (χ1v) is 9.49. The fourth-order valence-corrected chi connectivity index (χ4v) is 3.94. The molecule has 2 aromatic carbocycles. The molecule has 1 heterocycles. The van der Waals surface area contributed by atoms with Crippen LogP contribution in [0.15, 0.2) is 52.4 Å². The molecule has 0 aliphatic carbocycles. The third-order valence-electron chi connectivity index (χ3n) is 4.00. The van der Waals surface area contributed by atoms with Crippen LogP contribution in [-0.2, 0) is 21.8 Å². The highest BCUT2D eigenvalue weighted by Gasteiger charge is 2.15. The van der Waals surface area contributed by atoms with Crippen LogP contribution < -0.4 is 5.56 Å². The summed E-state index contributed by atoms with van der Waals surface area (Å²) in [6.45, 7) is 0.122. The number of thioether (sulfide) groups is 1. The highest BCUT2D eigenvalue weighted by molar-refractivity contribution is 7.98. The standard InChI is InChI=1S/C19H16ClFN2O3S/c1-26-17(24)9-10-23-18(25)12-5-2-3-8-16(12)22-19(23)27-11-13-14(20)6-4-7-15(13)21/h2-8H,9-11H2,1H3. The van der Waals surface area contributed by atoms with E-state index in [4.69, 9.17) is 11.6 Å². The Bertz CT molecular complexity index is 1030. The Kier molecular flexibility index (Phi) is 6.13. The molecule has 0 aliphatic rings. The Morgan fingerprint density at radius 1 is 1.26 bits per heavy atom. The van der Waals surface area contributed by atoms with Crippen LogP contribution in [0.2, 0.25) is 5.02 Å². The van der Waals surface area contributed by atoms with Gasteiger partial charge in [0.25, 0.3) is 5.56 Å². The largest absolute Gasteiger partial charge is 0.469 e. The van der Waals surface area contributed by atoms with Gasteiger partial charge in [0.15, 0.2) is 5.16 Å². The predicted molar refractivity (Wildman–Crippen MR) is 104 cm³/mol. The highest BCUT2D eigenvalue weighted by atomic mass is 35.5. The third-order valence-corrected chi connectivity index (χ3v) is 5.36. The summed E-state index contributed by atoms with van der Waals surface area (Å²) in [6.07, 6.45) is 0.0322. The number of benzene rings is 2. The van der Waals surface area contributed by atoms with Gasteiger partial charge in [-0.15, -0.1) is 0 Å². The zero-order valence-corrected chi connectivity index (χ0v) is 16.0. The van der Waals surface area contributed by atoms with Crippen molar-refractivity contribution >= 4 is 40.2 Å². The van der Waals surface area contributed by atoms with E-state index in [9.17, 15) is 14.0 Å². The molecule has 3 rings (SSSR count). The fourth-order valence-electron chi connectivity index (χ4n) is 2.57. The van der Waals surface area contributed by atoms with Crippen LogP contribution in [0.1, 0.15) is 12.0 Å². The Hall–Kier alpha value is -2.38. The highest BCUT2D eigenvalue weighted by Crippen LogP contribution is 2.28. The number of hydrogen-bond donors (Lipinski definition) is 0. The normalized spacial score (nSPS) is 10.9. The molecule has 140 valence electrons. The van der Waals surface area contributed by atoms with Gasteiger partial charge >= 0.3 is 5.97 Å². The van der Waals surface area contributed by atoms with Gasteiger partial charge < -0.3 is 4.74 Å². The molecule has 0 N–H and O–H groups in total. The number of aromatic nitrogens is 2. The third kappa shape index (κ3) is 4.31. The van der Waals surface area contributed by atoms with E-state index in [1.54, 1.807) is 30.3 Å². The second-order valence-corrected chi connectivity index (χ2v) is 7.03. The molecule has 0 saturated carbocycles. The van der Waals surface area contributed by atoms with Gasteiger partial charge in [-0.05, 0) is 24.3 Å². The number of carbonyl (C=O) groups is 1. The summed E-state index contributed by atoms with van der Waals surface area (Å²) in [6, 6.07) is 11.4. The Morgan fingerprint density at radius 2 is 2.04 bits per heavy atom. The van der Waals surface area contributed by atoms with Crippen molar-refractivity contribution < 1.29 is 13.9 Å². The van der Waals surface area contributed by atoms with Gasteiger partial charge in [0.2, 0.25) is 0 Å². The molecule has 0 saturated heterocycles. The van der Waals surface area contributed by atoms with Crippen LogP contribution >= 0.6 is 23.4 Å². The monoisotopic (exact) mass is 406 g/mol. The maximum Gasteiger partial charge on any atom is 0.307 e. The topological polar surface area (TPSA) is 61.2 Å². The maximum absolute atomic E-state index is 14.0. The van der Waals surface area contributed by atoms with E-state index in [1.807, 2.05) is 0 Å². The molecule has 0 fully saturated rings. The van der Waals surface area contributed by atoms with Crippen molar-refractivity contribution in [2.24, 2.45) is 0 Å². The Morgan fingerprint density at radius 3 is 2.78 bits per heavy atom. The van der Waals surface area contributed by atoms with Crippen LogP contribution in [0.5, 0.6) is 0 Å². The molecule has 0 aliphatic heterocycles. The number of halogens is 2. The molecule has 1 aromatic heterocycles. The Labute approximate surface area is 164 Å². The first kappa shape index (κ1) is 19.4. The quantitative estimate of drug-likeness (QED) is 0.351. The number of carbonyl (C=O) groups excluding carboxylic acids is 1. The van der Waals surface area contributed by atoms with E-state index in [-0.39, 0.29) is 24.3 Å². The van der Waals surface area contributed by atoms with Crippen LogP contribution in [0.25, 0.3) is 10.9 Å². The number of fused-ring (bicyclic) bond motifs is 1. The van der Waals surface area contributed by atoms with Crippen LogP contribution in [0.4, 0.5) is 4.39 Å². The molecule has 0 radical (unpaired) electrons. The number of nitrogens with zero attached hydrogens (tertiary/aromatic N) is 2. The van der Waals surface area contributed by atoms with Crippen molar-refractivity contribution in [3.05, 3.63) is 69.2 Å². The van der Waals surface area contributed by atoms with E-state index in [2.05, 4.69) is 9.72 Å². The minimum atomic E-state index is -0.428. The second kappa shape index (κ2) is 8.54. The summed E-state index contributed by atoms with van der Waals surface area (Å²) in [4.78, 5) is 28.9. The number of para-hydroxylation sites is 1. The lowest BCUT2D eigenvalue weighted by Crippen LogP contribution is -2.25. The number of hydrogen-bond acceptors (Lipinski definition) is 5. The second-order valence-electron chi connectivity index (χ2n) is 5.68. The SMILES string of the molecule is COC(=O)CCn1c(SCc2c(F)cccc2Cl)nc2ccccc2c1=O. The number of ether oxygens (including phenoxy) is 1. The van der Waals surface area contributed by atoms with Crippen LogP contribution in [0, 0.1) is 5.82 Å². The van der Waals surface area contributed by atoms with E-state index in [1.165, 1.54) is 35.6 Å². The zero-order valence-electron chi connectivity index (χ0n) is 14.4. The summed E-state index contributed by atoms with van der Waals surface area (Å²) < 4.78 is 20.1. The summed E-state index contributed by atoms with van der Waals surface area (Å²) in [5.74, 6) is -0.642. The molecule has 0 atom stereocenters. The van der Waals surface area contributed by atoms with Crippen molar-refractivity contribution in [1.29, 1.82) is 0 Å². The molecule has 0 spiro atoms. The number of rotatable bonds is 6. The fraction of sp³-hybridized carbons (Fsp3) is 0.211. The lowest BCUT2D eigenvalue weighted by atomic mass is 10.2. The molecule has 0 unspecified atom stereocenters. The summed E-state index contributed by atoms with van der Waals surface area (Å²) in [5, 5.41) is 1.16. The smallest absolute Gasteiger partial charge is 0.307 e. The number of esters is 1. The molecule has 0 amide bonds. The van der Waals surface area contributed by atoms with E-state index < -0.39 is 11.8 Å². The molecule has 5 nitrogen and oxygen atoms in total. The van der Waals surface area contributed by atoms with Crippen LogP contribution in [0.3, 0.4) is 0 Å². The molecule has 8 heteroatoms. The van der Waals surface area contributed by atoms with Gasteiger partial charge in [-0.3, -0.25) is 14.2 Å². The minimum Gasteiger partial charge on any atom is -0.469 e. The van der Waals surface area contributed by atoms with Gasteiger partial charge in [0, 0.05) is 22.9 Å². The zero-order chi connectivity index (χ0) is 19.4. The van der Waals surface area contributed by atoms with Crippen molar-refractivity contribution in [2.45, 2.75) is 23.9 Å². The first-order valence-electron chi connectivity index (χ1n) is 8.13. The molecular formula is C19H16ClFN2O3S. The first-order chi connectivity index (χ1) is 13.0. The predicted octanol–water partition coefficient (Wildman–Crippen LogP) is 4.04. The minimum absolute atomic E-state index is 0.0322. The summed E-state index contributed by atoms with van der Waals surface area (Å²) in [7, 11) is 1.29. The molecule has 3 aromatic rings.